The standard InChI is InChI=1S/C16H12Cl2N2S/c17-11-6-7-13(18)12(8-11)14-9-21-16(20-14)15(19)10-4-2-1-3-5-10/h1-9,15H,19H2. The number of nitrogens with two attached hydrogens (primary N) is 1. The maximum atomic E-state index is 6.26. The van der Waals surface area contributed by atoms with Crippen molar-refractivity contribution in [3.8, 4) is 11.3 Å². The van der Waals surface area contributed by atoms with Gasteiger partial charge in [-0.25, -0.2) is 4.98 Å². The molecule has 0 amide bonds. The Balaban J connectivity index is 1.95. The van der Waals surface area contributed by atoms with Crippen LogP contribution in [0.15, 0.2) is 53.9 Å². The lowest BCUT2D eigenvalue weighted by atomic mass is 10.1. The molecular formula is C16H12Cl2N2S. The third-order valence-corrected chi connectivity index (χ3v) is 4.64. The number of hydrogen-bond donors (Lipinski definition) is 1. The molecule has 2 aromatic carbocycles. The molecule has 1 heterocycles. The molecule has 0 bridgehead atoms. The van der Waals surface area contributed by atoms with Crippen molar-refractivity contribution in [3.05, 3.63) is 74.5 Å². The third-order valence-electron chi connectivity index (χ3n) is 3.15. The molecule has 0 aliphatic heterocycles. The predicted octanol–water partition coefficient (Wildman–Crippen LogP) is 5.17. The van der Waals surface area contributed by atoms with Crippen molar-refractivity contribution in [1.29, 1.82) is 0 Å². The number of hydrogen-bond acceptors (Lipinski definition) is 3. The molecule has 3 rings (SSSR count). The van der Waals surface area contributed by atoms with Gasteiger partial charge in [0, 0.05) is 16.0 Å². The van der Waals surface area contributed by atoms with Gasteiger partial charge in [0.1, 0.15) is 5.01 Å². The minimum Gasteiger partial charge on any atom is -0.318 e. The van der Waals surface area contributed by atoms with Crippen molar-refractivity contribution in [2.45, 2.75) is 6.04 Å². The van der Waals surface area contributed by atoms with Gasteiger partial charge in [0.25, 0.3) is 0 Å². The number of aromatic nitrogens is 1. The number of rotatable bonds is 3. The van der Waals surface area contributed by atoms with Crippen LogP contribution in [0.5, 0.6) is 0 Å². The van der Waals surface area contributed by atoms with E-state index in [-0.39, 0.29) is 6.04 Å². The van der Waals surface area contributed by atoms with Crippen molar-refractivity contribution < 1.29 is 0 Å². The summed E-state index contributed by atoms with van der Waals surface area (Å²) >= 11 is 13.8. The van der Waals surface area contributed by atoms with Gasteiger partial charge in [-0.1, -0.05) is 53.5 Å². The Morgan fingerprint density at radius 1 is 1.05 bits per heavy atom. The quantitative estimate of drug-likeness (QED) is 0.717. The molecule has 1 unspecified atom stereocenters. The van der Waals surface area contributed by atoms with Gasteiger partial charge in [-0.2, -0.15) is 0 Å². The van der Waals surface area contributed by atoms with Gasteiger partial charge in [-0.15, -0.1) is 11.3 Å². The van der Waals surface area contributed by atoms with Crippen LogP contribution in [0.3, 0.4) is 0 Å². The second-order valence-corrected chi connectivity index (χ2v) is 6.32. The van der Waals surface area contributed by atoms with E-state index in [4.69, 9.17) is 28.9 Å². The van der Waals surface area contributed by atoms with Gasteiger partial charge in [-0.3, -0.25) is 0 Å². The average Bonchev–Trinajstić information content (AvgIpc) is 2.99. The molecule has 1 atom stereocenters. The van der Waals surface area contributed by atoms with Crippen molar-refractivity contribution in [1.82, 2.24) is 4.98 Å². The molecule has 5 heteroatoms. The van der Waals surface area contributed by atoms with Crippen LogP contribution in [-0.2, 0) is 0 Å². The Kier molecular flexibility index (Phi) is 4.27. The molecule has 2 N–H and O–H groups in total. The minimum atomic E-state index is -0.233. The fourth-order valence-corrected chi connectivity index (χ4v) is 3.28. The summed E-state index contributed by atoms with van der Waals surface area (Å²) in [6, 6.07) is 15.0. The van der Waals surface area contributed by atoms with Crippen LogP contribution >= 0.6 is 34.5 Å². The third kappa shape index (κ3) is 3.11. The highest BCUT2D eigenvalue weighted by molar-refractivity contribution is 7.10. The molecule has 2 nitrogen and oxygen atoms in total. The first-order valence-electron chi connectivity index (χ1n) is 6.36. The lowest BCUT2D eigenvalue weighted by molar-refractivity contribution is 0.859. The molecule has 0 aliphatic rings. The highest BCUT2D eigenvalue weighted by Crippen LogP contribution is 2.33. The second kappa shape index (κ2) is 6.16. The lowest BCUT2D eigenvalue weighted by Gasteiger charge is -2.08. The topological polar surface area (TPSA) is 38.9 Å². The Bertz CT molecular complexity index is 756. The summed E-state index contributed by atoms with van der Waals surface area (Å²) in [5, 5.41) is 4.07. The highest BCUT2D eigenvalue weighted by Gasteiger charge is 2.15. The van der Waals surface area contributed by atoms with Gasteiger partial charge in [0.2, 0.25) is 0 Å². The fourth-order valence-electron chi connectivity index (χ4n) is 2.05. The van der Waals surface area contributed by atoms with Crippen LogP contribution in [0.25, 0.3) is 11.3 Å². The van der Waals surface area contributed by atoms with Crippen molar-refractivity contribution >= 4 is 34.5 Å². The maximum absolute atomic E-state index is 6.26. The largest absolute Gasteiger partial charge is 0.318 e. The Labute approximate surface area is 137 Å². The summed E-state index contributed by atoms with van der Waals surface area (Å²) in [5.41, 5.74) is 8.93. The van der Waals surface area contributed by atoms with E-state index in [2.05, 4.69) is 4.98 Å². The van der Waals surface area contributed by atoms with E-state index < -0.39 is 0 Å². The Morgan fingerprint density at radius 3 is 2.57 bits per heavy atom. The minimum absolute atomic E-state index is 0.233. The Hall–Kier alpha value is -1.39. The van der Waals surface area contributed by atoms with E-state index in [0.29, 0.717) is 10.0 Å². The van der Waals surface area contributed by atoms with E-state index in [1.165, 1.54) is 11.3 Å². The zero-order valence-electron chi connectivity index (χ0n) is 11.0. The number of benzene rings is 2. The SMILES string of the molecule is NC(c1ccccc1)c1nc(-c2cc(Cl)ccc2Cl)cs1. The van der Waals surface area contributed by atoms with E-state index in [0.717, 1.165) is 21.8 Å². The van der Waals surface area contributed by atoms with Crippen LogP contribution in [-0.4, -0.2) is 4.98 Å². The second-order valence-electron chi connectivity index (χ2n) is 4.58. The summed E-state index contributed by atoms with van der Waals surface area (Å²) in [7, 11) is 0. The molecule has 0 spiro atoms. The van der Waals surface area contributed by atoms with Crippen LogP contribution in [0.4, 0.5) is 0 Å². The van der Waals surface area contributed by atoms with Crippen molar-refractivity contribution in [3.63, 3.8) is 0 Å². The van der Waals surface area contributed by atoms with Gasteiger partial charge >= 0.3 is 0 Å². The summed E-state index contributed by atoms with van der Waals surface area (Å²) < 4.78 is 0. The van der Waals surface area contributed by atoms with Gasteiger partial charge in [0.15, 0.2) is 0 Å². The molecule has 0 fully saturated rings. The molecular weight excluding hydrogens is 323 g/mol. The zero-order valence-corrected chi connectivity index (χ0v) is 13.3. The van der Waals surface area contributed by atoms with E-state index >= 15 is 0 Å². The zero-order chi connectivity index (χ0) is 14.8. The Morgan fingerprint density at radius 2 is 1.81 bits per heavy atom. The van der Waals surface area contributed by atoms with Crippen LogP contribution in [0, 0.1) is 0 Å². The van der Waals surface area contributed by atoms with E-state index in [1.807, 2.05) is 41.8 Å². The maximum Gasteiger partial charge on any atom is 0.115 e. The molecule has 3 aromatic rings. The predicted molar refractivity (Wildman–Crippen MR) is 90.0 cm³/mol. The highest BCUT2D eigenvalue weighted by atomic mass is 35.5. The molecule has 106 valence electrons. The van der Waals surface area contributed by atoms with Crippen LogP contribution in [0.2, 0.25) is 10.0 Å². The van der Waals surface area contributed by atoms with Crippen molar-refractivity contribution in [2.75, 3.05) is 0 Å². The fraction of sp³-hybridized carbons (Fsp3) is 0.0625. The van der Waals surface area contributed by atoms with Gasteiger partial charge in [-0.05, 0) is 23.8 Å². The van der Waals surface area contributed by atoms with Crippen LogP contribution in [0.1, 0.15) is 16.6 Å². The average molecular weight is 335 g/mol. The first-order chi connectivity index (χ1) is 10.1. The summed E-state index contributed by atoms with van der Waals surface area (Å²) in [5.74, 6) is 0. The normalized spacial score (nSPS) is 12.3. The molecule has 0 aliphatic carbocycles. The first kappa shape index (κ1) is 14.5. The smallest absolute Gasteiger partial charge is 0.115 e. The van der Waals surface area contributed by atoms with E-state index in [1.54, 1.807) is 12.1 Å². The van der Waals surface area contributed by atoms with Gasteiger partial charge in [0.05, 0.1) is 16.8 Å². The number of halogens is 2. The molecule has 0 saturated heterocycles. The van der Waals surface area contributed by atoms with Crippen molar-refractivity contribution in [2.24, 2.45) is 5.73 Å². The number of nitrogens with zero attached hydrogens (tertiary/aromatic N) is 1. The summed E-state index contributed by atoms with van der Waals surface area (Å²) in [6.45, 7) is 0. The van der Waals surface area contributed by atoms with Crippen LogP contribution < -0.4 is 5.73 Å². The van der Waals surface area contributed by atoms with E-state index in [9.17, 15) is 0 Å². The molecule has 0 saturated carbocycles. The summed E-state index contributed by atoms with van der Waals surface area (Å²) in [6.07, 6.45) is 0. The first-order valence-corrected chi connectivity index (χ1v) is 8.00. The molecule has 1 aromatic heterocycles. The number of thiazole rings is 1. The monoisotopic (exact) mass is 334 g/mol. The summed E-state index contributed by atoms with van der Waals surface area (Å²) in [4.78, 5) is 4.61. The van der Waals surface area contributed by atoms with Gasteiger partial charge < -0.3 is 5.73 Å². The molecule has 21 heavy (non-hydrogen) atoms. The lowest BCUT2D eigenvalue weighted by Crippen LogP contribution is -2.11. The molecule has 0 radical (unpaired) electrons.